The summed E-state index contributed by atoms with van der Waals surface area (Å²) in [5.74, 6) is -1.73. The van der Waals surface area contributed by atoms with Crippen LogP contribution in [0, 0.1) is 12.7 Å². The lowest BCUT2D eigenvalue weighted by Crippen LogP contribution is -2.16. The molecule has 1 atom stereocenters. The second-order valence-corrected chi connectivity index (χ2v) is 9.49. The average Bonchev–Trinajstić information content (AvgIpc) is 2.75. The number of rotatable bonds is 5. The van der Waals surface area contributed by atoms with Crippen LogP contribution in [0.4, 0.5) is 23.2 Å². The van der Waals surface area contributed by atoms with Gasteiger partial charge in [0, 0.05) is 30.1 Å². The number of nitrogens with one attached hydrogen (secondary N) is 1. The van der Waals surface area contributed by atoms with Crippen molar-refractivity contribution >= 4 is 21.3 Å². The molecule has 1 unspecified atom stereocenters. The molecule has 174 valence electrons. The van der Waals surface area contributed by atoms with Crippen molar-refractivity contribution in [1.82, 2.24) is 4.98 Å². The topological polar surface area (TPSA) is 80.7 Å². The first-order chi connectivity index (χ1) is 15.4. The zero-order valence-corrected chi connectivity index (χ0v) is 18.6. The molecule has 1 N–H and O–H groups in total. The summed E-state index contributed by atoms with van der Waals surface area (Å²) in [5.41, 5.74) is -1.09. The van der Waals surface area contributed by atoms with Crippen LogP contribution in [-0.4, -0.2) is 28.4 Å². The van der Waals surface area contributed by atoms with Crippen molar-refractivity contribution in [2.75, 3.05) is 18.6 Å². The minimum absolute atomic E-state index is 0.120. The number of hydrogen-bond donors (Lipinski definition) is 1. The van der Waals surface area contributed by atoms with Crippen LogP contribution in [0.5, 0.6) is 11.6 Å². The molecule has 1 aromatic heterocycles. The third-order valence-corrected chi connectivity index (χ3v) is 6.47. The standard InChI is InChI=1S/C22H19F4N3O3S/c1-13-9-15(23)7-8-19(13)32-21-18(10-14(12-28-21)22(24,25)26)20(30)29-16-5-4-6-17(11-16)33(3,31)27-2/h4-12H,1-3H3,(H,29,30). The van der Waals surface area contributed by atoms with Gasteiger partial charge < -0.3 is 10.1 Å². The highest BCUT2D eigenvalue weighted by molar-refractivity contribution is 7.93. The number of amides is 1. The Morgan fingerprint density at radius 3 is 2.52 bits per heavy atom. The van der Waals surface area contributed by atoms with Gasteiger partial charge in [-0.2, -0.15) is 13.2 Å². The largest absolute Gasteiger partial charge is 0.438 e. The fourth-order valence-corrected chi connectivity index (χ4v) is 3.68. The Morgan fingerprint density at radius 2 is 1.88 bits per heavy atom. The molecule has 0 fully saturated rings. The van der Waals surface area contributed by atoms with E-state index < -0.39 is 44.6 Å². The monoisotopic (exact) mass is 481 g/mol. The van der Waals surface area contributed by atoms with E-state index in [2.05, 4.69) is 14.7 Å². The second kappa shape index (κ2) is 9.18. The summed E-state index contributed by atoms with van der Waals surface area (Å²) in [7, 11) is -1.31. The van der Waals surface area contributed by atoms with Gasteiger partial charge in [0.15, 0.2) is 0 Å². The first-order valence-corrected chi connectivity index (χ1v) is 11.4. The van der Waals surface area contributed by atoms with Crippen molar-refractivity contribution in [2.45, 2.75) is 18.0 Å². The van der Waals surface area contributed by atoms with E-state index >= 15 is 0 Å². The van der Waals surface area contributed by atoms with Gasteiger partial charge in [-0.1, -0.05) is 6.07 Å². The lowest BCUT2D eigenvalue weighted by Gasteiger charge is -2.15. The van der Waals surface area contributed by atoms with E-state index in [1.165, 1.54) is 50.6 Å². The van der Waals surface area contributed by atoms with Gasteiger partial charge in [-0.25, -0.2) is 17.9 Å². The van der Waals surface area contributed by atoms with Gasteiger partial charge in [-0.3, -0.25) is 4.79 Å². The highest BCUT2D eigenvalue weighted by Crippen LogP contribution is 2.34. The predicted molar refractivity (Wildman–Crippen MR) is 116 cm³/mol. The Kier molecular flexibility index (Phi) is 6.73. The molecular formula is C22H19F4N3O3S. The number of carbonyl (C=O) groups is 1. The Balaban J connectivity index is 2.01. The molecule has 33 heavy (non-hydrogen) atoms. The van der Waals surface area contributed by atoms with Crippen LogP contribution in [0.2, 0.25) is 0 Å². The normalized spacial score (nSPS) is 13.2. The Labute approximate surface area is 187 Å². The molecule has 11 heteroatoms. The summed E-state index contributed by atoms with van der Waals surface area (Å²) in [6.45, 7) is 1.54. The fourth-order valence-electron chi connectivity index (χ4n) is 2.80. The third-order valence-electron chi connectivity index (χ3n) is 4.64. The number of ether oxygens (including phenoxy) is 1. The number of carbonyl (C=O) groups excluding carboxylic acids is 1. The number of aryl methyl sites for hydroxylation is 1. The molecule has 0 saturated carbocycles. The summed E-state index contributed by atoms with van der Waals surface area (Å²) in [4.78, 5) is 16.9. The summed E-state index contributed by atoms with van der Waals surface area (Å²) in [6, 6.07) is 10.2. The molecule has 1 amide bonds. The van der Waals surface area contributed by atoms with Gasteiger partial charge in [-0.05, 0) is 55.0 Å². The Bertz CT molecular complexity index is 1330. The molecule has 3 rings (SSSR count). The molecular weight excluding hydrogens is 462 g/mol. The van der Waals surface area contributed by atoms with Crippen LogP contribution in [-0.2, 0) is 15.9 Å². The maximum Gasteiger partial charge on any atom is 0.417 e. The molecule has 0 aliphatic heterocycles. The van der Waals surface area contributed by atoms with Crippen molar-refractivity contribution in [3.05, 3.63) is 77.2 Å². The van der Waals surface area contributed by atoms with E-state index in [-0.39, 0.29) is 11.4 Å². The average molecular weight is 481 g/mol. The minimum atomic E-state index is -4.75. The summed E-state index contributed by atoms with van der Waals surface area (Å²) in [6.07, 6.45) is -2.79. The number of pyridine rings is 1. The maximum atomic E-state index is 13.4. The molecule has 0 spiro atoms. The fraction of sp³-hybridized carbons (Fsp3) is 0.182. The van der Waals surface area contributed by atoms with Crippen LogP contribution in [0.15, 0.2) is 64.0 Å². The van der Waals surface area contributed by atoms with Gasteiger partial charge in [0.2, 0.25) is 5.88 Å². The zero-order valence-electron chi connectivity index (χ0n) is 17.7. The van der Waals surface area contributed by atoms with Gasteiger partial charge in [0.25, 0.3) is 5.91 Å². The number of alkyl halides is 3. The van der Waals surface area contributed by atoms with Crippen LogP contribution < -0.4 is 10.1 Å². The molecule has 0 bridgehead atoms. The SMILES string of the molecule is CN=S(C)(=O)c1cccc(NC(=O)c2cc(C(F)(F)F)cnc2Oc2ccc(F)cc2C)c1. The van der Waals surface area contributed by atoms with Gasteiger partial charge in [0.05, 0.1) is 15.3 Å². The summed E-state index contributed by atoms with van der Waals surface area (Å²) < 4.78 is 75.0. The number of halogens is 4. The Hall–Kier alpha value is -3.47. The first kappa shape index (κ1) is 24.2. The molecule has 1 heterocycles. The second-order valence-electron chi connectivity index (χ2n) is 7.05. The highest BCUT2D eigenvalue weighted by atomic mass is 32.2. The molecule has 3 aromatic rings. The van der Waals surface area contributed by atoms with E-state index in [0.717, 1.165) is 6.07 Å². The number of hydrogen-bond acceptors (Lipinski definition) is 5. The molecule has 0 aliphatic rings. The number of benzene rings is 2. The molecule has 6 nitrogen and oxygen atoms in total. The summed E-state index contributed by atoms with van der Waals surface area (Å²) >= 11 is 0. The first-order valence-electron chi connectivity index (χ1n) is 9.43. The van der Waals surface area contributed by atoms with E-state index in [9.17, 15) is 26.6 Å². The quantitative estimate of drug-likeness (QED) is 0.476. The zero-order chi connectivity index (χ0) is 24.4. The van der Waals surface area contributed by atoms with Crippen molar-refractivity contribution in [3.63, 3.8) is 0 Å². The lowest BCUT2D eigenvalue weighted by molar-refractivity contribution is -0.137. The van der Waals surface area contributed by atoms with Crippen LogP contribution >= 0.6 is 0 Å². The van der Waals surface area contributed by atoms with E-state index in [1.54, 1.807) is 6.07 Å². The van der Waals surface area contributed by atoms with Gasteiger partial charge in [-0.15, -0.1) is 0 Å². The summed E-state index contributed by atoms with van der Waals surface area (Å²) in [5, 5.41) is 2.47. The number of anilines is 1. The smallest absolute Gasteiger partial charge is 0.417 e. The van der Waals surface area contributed by atoms with Gasteiger partial charge in [0.1, 0.15) is 17.1 Å². The van der Waals surface area contributed by atoms with Gasteiger partial charge >= 0.3 is 6.18 Å². The maximum absolute atomic E-state index is 13.4. The molecule has 0 aliphatic carbocycles. The van der Waals surface area contributed by atoms with E-state index in [4.69, 9.17) is 4.74 Å². The highest BCUT2D eigenvalue weighted by Gasteiger charge is 2.33. The van der Waals surface area contributed by atoms with Crippen molar-refractivity contribution in [2.24, 2.45) is 4.36 Å². The van der Waals surface area contributed by atoms with E-state index in [1.807, 2.05) is 0 Å². The van der Waals surface area contributed by atoms with Crippen LogP contribution in [0.1, 0.15) is 21.5 Å². The Morgan fingerprint density at radius 1 is 1.15 bits per heavy atom. The molecule has 2 aromatic carbocycles. The minimum Gasteiger partial charge on any atom is -0.438 e. The third kappa shape index (κ3) is 5.67. The van der Waals surface area contributed by atoms with Crippen molar-refractivity contribution < 1.29 is 31.3 Å². The molecule has 0 saturated heterocycles. The number of aromatic nitrogens is 1. The van der Waals surface area contributed by atoms with Crippen molar-refractivity contribution in [1.29, 1.82) is 0 Å². The molecule has 0 radical (unpaired) electrons. The van der Waals surface area contributed by atoms with Crippen LogP contribution in [0.25, 0.3) is 0 Å². The predicted octanol–water partition coefficient (Wildman–Crippen LogP) is 5.68. The number of nitrogens with zero attached hydrogens (tertiary/aromatic N) is 2. The van der Waals surface area contributed by atoms with E-state index in [0.29, 0.717) is 22.7 Å². The van der Waals surface area contributed by atoms with Crippen molar-refractivity contribution in [3.8, 4) is 11.6 Å². The van der Waals surface area contributed by atoms with Crippen LogP contribution in [0.3, 0.4) is 0 Å². The lowest BCUT2D eigenvalue weighted by atomic mass is 10.1.